The van der Waals surface area contributed by atoms with E-state index >= 15 is 13.2 Å². The van der Waals surface area contributed by atoms with E-state index in [1.807, 2.05) is 166 Å². The van der Waals surface area contributed by atoms with Crippen LogP contribution in [0.1, 0.15) is 30.5 Å². The molecule has 336 valence electrons. The minimum Gasteiger partial charge on any atom is -0.308 e. The molecule has 3 heterocycles. The molecule has 0 saturated heterocycles. The molecule has 0 spiro atoms. The molecule has 8 heteroatoms. The van der Waals surface area contributed by atoms with Crippen LogP contribution in [0.2, 0.25) is 0 Å². The minimum absolute atomic E-state index is 0.113. The molecule has 0 atom stereocenters. The van der Waals surface area contributed by atoms with E-state index in [2.05, 4.69) is 60.9 Å². The summed E-state index contributed by atoms with van der Waals surface area (Å²) in [5.41, 5.74) is 11.1. The number of para-hydroxylation sites is 1. The fourth-order valence-electron chi connectivity index (χ4n) is 9.06. The molecule has 8 aromatic carbocycles. The van der Waals surface area contributed by atoms with Gasteiger partial charge in [0.15, 0.2) is 11.6 Å². The number of nitrogens with zero attached hydrogens (tertiary/aromatic N) is 5. The number of aryl methyl sites for hydroxylation is 2. The van der Waals surface area contributed by atoms with Gasteiger partial charge in [0, 0.05) is 44.2 Å². The normalized spacial score (nSPS) is 11.4. The average Bonchev–Trinajstić information content (AvgIpc) is 3.72. The van der Waals surface area contributed by atoms with E-state index in [0.29, 0.717) is 28.5 Å². The molecule has 0 amide bonds. The summed E-state index contributed by atoms with van der Waals surface area (Å²) in [6, 6.07) is 65.4. The largest absolute Gasteiger partial charge is 0.416 e. The van der Waals surface area contributed by atoms with Crippen molar-refractivity contribution in [3.8, 4) is 84.6 Å². The van der Waals surface area contributed by atoms with Gasteiger partial charge in [0.25, 0.3) is 0 Å². The molecule has 69 heavy (non-hydrogen) atoms. The highest BCUT2D eigenvalue weighted by Crippen LogP contribution is 2.46. The Balaban J connectivity index is 0.00000273. The second-order valence-electron chi connectivity index (χ2n) is 16.7. The molecular weight excluding hydrogens is 860 g/mol. The number of aromatic nitrogens is 5. The molecule has 3 aromatic heterocycles. The van der Waals surface area contributed by atoms with Crippen molar-refractivity contribution in [2.75, 3.05) is 0 Å². The molecular formula is C61H46F3N5. The van der Waals surface area contributed by atoms with Crippen LogP contribution in [-0.4, -0.2) is 24.5 Å². The molecule has 0 fully saturated rings. The number of hydrogen-bond acceptors (Lipinski definition) is 4. The summed E-state index contributed by atoms with van der Waals surface area (Å²) in [5, 5.41) is 1.85. The van der Waals surface area contributed by atoms with E-state index in [1.54, 1.807) is 0 Å². The predicted octanol–water partition coefficient (Wildman–Crippen LogP) is 16.7. The van der Waals surface area contributed by atoms with Crippen molar-refractivity contribution in [3.63, 3.8) is 0 Å². The van der Waals surface area contributed by atoms with Gasteiger partial charge in [-0.05, 0) is 66.9 Å². The summed E-state index contributed by atoms with van der Waals surface area (Å²) in [7, 11) is 0. The first kappa shape index (κ1) is 44.4. The van der Waals surface area contributed by atoms with Crippen molar-refractivity contribution < 1.29 is 13.2 Å². The summed E-state index contributed by atoms with van der Waals surface area (Å²) in [5.74, 6) is 0.225. The number of benzene rings is 8. The zero-order valence-electron chi connectivity index (χ0n) is 38.5. The first-order valence-corrected chi connectivity index (χ1v) is 23.0. The van der Waals surface area contributed by atoms with Gasteiger partial charge in [0.1, 0.15) is 0 Å². The standard InChI is InChI=1S/C59H40F3N5.C2H6/c1-37-27-29-45(38(2)31-37)43-28-30-47-46-25-15-16-26-54(46)67(55(47)32-43)56-48(57-63-50(39-17-7-3-8-18-39)35-51(64-57)40-19-9-4-10-20-40)33-44(59(60,61)62)34-49(56)58-65-52(41-21-11-5-12-22-41)36-53(66-58)42-23-13-6-14-24-42;1-2/h3-36H,1-2H3;1-2H3. The molecule has 0 aliphatic carbocycles. The van der Waals surface area contributed by atoms with E-state index < -0.39 is 11.7 Å². The van der Waals surface area contributed by atoms with Crippen molar-refractivity contribution in [3.05, 3.63) is 223 Å². The number of fused-ring (bicyclic) bond motifs is 3. The lowest BCUT2D eigenvalue weighted by Gasteiger charge is -2.21. The Hall–Kier alpha value is -8.49. The lowest BCUT2D eigenvalue weighted by Crippen LogP contribution is -2.11. The Bertz CT molecular complexity index is 3360. The highest BCUT2D eigenvalue weighted by Gasteiger charge is 2.35. The van der Waals surface area contributed by atoms with Gasteiger partial charge in [-0.15, -0.1) is 0 Å². The highest BCUT2D eigenvalue weighted by atomic mass is 19.4. The third-order valence-electron chi connectivity index (χ3n) is 12.2. The maximum absolute atomic E-state index is 15.8. The quantitative estimate of drug-likeness (QED) is 0.152. The van der Waals surface area contributed by atoms with Gasteiger partial charge in [-0.3, -0.25) is 0 Å². The summed E-state index contributed by atoms with van der Waals surface area (Å²) >= 11 is 0. The van der Waals surface area contributed by atoms with Crippen molar-refractivity contribution >= 4 is 21.8 Å². The maximum atomic E-state index is 15.8. The van der Waals surface area contributed by atoms with Gasteiger partial charge in [-0.25, -0.2) is 19.9 Å². The molecule has 0 bridgehead atoms. The molecule has 5 nitrogen and oxygen atoms in total. The molecule has 0 N–H and O–H groups in total. The summed E-state index contributed by atoms with van der Waals surface area (Å²) < 4.78 is 49.3. The van der Waals surface area contributed by atoms with Crippen molar-refractivity contribution in [1.82, 2.24) is 24.5 Å². The van der Waals surface area contributed by atoms with Crippen LogP contribution >= 0.6 is 0 Å². The van der Waals surface area contributed by atoms with E-state index in [9.17, 15) is 0 Å². The van der Waals surface area contributed by atoms with Crippen molar-refractivity contribution in [2.24, 2.45) is 0 Å². The third kappa shape index (κ3) is 8.69. The fraction of sp³-hybridized carbons (Fsp3) is 0.0820. The van der Waals surface area contributed by atoms with Gasteiger partial charge in [0.05, 0.1) is 45.1 Å². The van der Waals surface area contributed by atoms with Crippen LogP contribution in [0.25, 0.3) is 106 Å². The lowest BCUT2D eigenvalue weighted by molar-refractivity contribution is -0.137. The van der Waals surface area contributed by atoms with E-state index in [4.69, 9.17) is 19.9 Å². The van der Waals surface area contributed by atoms with Gasteiger partial charge in [-0.1, -0.05) is 189 Å². The van der Waals surface area contributed by atoms with Crippen molar-refractivity contribution in [1.29, 1.82) is 0 Å². The van der Waals surface area contributed by atoms with Crippen LogP contribution in [0.3, 0.4) is 0 Å². The smallest absolute Gasteiger partial charge is 0.308 e. The van der Waals surface area contributed by atoms with Gasteiger partial charge in [-0.2, -0.15) is 13.2 Å². The van der Waals surface area contributed by atoms with E-state index in [1.165, 1.54) is 12.1 Å². The Labute approximate surface area is 399 Å². The second-order valence-corrected chi connectivity index (χ2v) is 16.7. The summed E-state index contributed by atoms with van der Waals surface area (Å²) in [6.45, 7) is 8.17. The Morgan fingerprint density at radius 2 is 0.797 bits per heavy atom. The fourth-order valence-corrected chi connectivity index (χ4v) is 9.06. The first-order chi connectivity index (χ1) is 33.7. The van der Waals surface area contributed by atoms with Crippen LogP contribution in [0.4, 0.5) is 13.2 Å². The van der Waals surface area contributed by atoms with Crippen LogP contribution in [-0.2, 0) is 6.18 Å². The summed E-state index contributed by atoms with van der Waals surface area (Å²) in [4.78, 5) is 20.7. The highest BCUT2D eigenvalue weighted by molar-refractivity contribution is 6.11. The number of rotatable bonds is 8. The van der Waals surface area contributed by atoms with E-state index in [0.717, 1.165) is 66.3 Å². The molecule has 0 aliphatic rings. The van der Waals surface area contributed by atoms with E-state index in [-0.39, 0.29) is 22.8 Å². The lowest BCUT2D eigenvalue weighted by atomic mass is 9.97. The topological polar surface area (TPSA) is 56.5 Å². The van der Waals surface area contributed by atoms with Crippen molar-refractivity contribution in [2.45, 2.75) is 33.9 Å². The molecule has 0 saturated carbocycles. The third-order valence-corrected chi connectivity index (χ3v) is 12.2. The minimum atomic E-state index is -4.78. The van der Waals surface area contributed by atoms with Gasteiger partial charge in [0.2, 0.25) is 0 Å². The second kappa shape index (κ2) is 18.7. The molecule has 0 radical (unpaired) electrons. The zero-order valence-corrected chi connectivity index (χ0v) is 38.5. The predicted molar refractivity (Wildman–Crippen MR) is 276 cm³/mol. The SMILES string of the molecule is CC.Cc1ccc(-c2ccc3c4ccccc4n(-c4c(-c5nc(-c6ccccc6)cc(-c6ccccc6)n5)cc(C(F)(F)F)cc4-c4nc(-c5ccccc5)cc(-c5ccccc5)n4)c3c2)c(C)c1. The molecule has 0 unspecified atom stereocenters. The Kier molecular flexibility index (Phi) is 12.0. The molecule has 0 aliphatic heterocycles. The van der Waals surface area contributed by atoms with Crippen LogP contribution in [0.5, 0.6) is 0 Å². The number of alkyl halides is 3. The van der Waals surface area contributed by atoms with Gasteiger partial charge >= 0.3 is 6.18 Å². The van der Waals surface area contributed by atoms with Crippen LogP contribution in [0.15, 0.2) is 206 Å². The monoisotopic (exact) mass is 905 g/mol. The number of halogens is 3. The number of hydrogen-bond donors (Lipinski definition) is 0. The molecule has 11 rings (SSSR count). The maximum Gasteiger partial charge on any atom is 0.416 e. The van der Waals surface area contributed by atoms with Crippen LogP contribution < -0.4 is 0 Å². The first-order valence-electron chi connectivity index (χ1n) is 23.0. The Morgan fingerprint density at radius 3 is 1.23 bits per heavy atom. The molecule has 11 aromatic rings. The zero-order chi connectivity index (χ0) is 47.6. The Morgan fingerprint density at radius 1 is 0.377 bits per heavy atom. The van der Waals surface area contributed by atoms with Gasteiger partial charge < -0.3 is 4.57 Å². The average molecular weight is 906 g/mol. The van der Waals surface area contributed by atoms with Crippen LogP contribution in [0, 0.1) is 13.8 Å². The summed E-state index contributed by atoms with van der Waals surface area (Å²) in [6.07, 6.45) is -4.78.